The maximum absolute atomic E-state index is 12.6. The molecule has 1 aromatic carbocycles. The summed E-state index contributed by atoms with van der Waals surface area (Å²) in [4.78, 5) is 37.5. The zero-order valence-electron chi connectivity index (χ0n) is 17.2. The minimum Gasteiger partial charge on any atom is -0.484 e. The van der Waals surface area contributed by atoms with Crippen LogP contribution in [0.25, 0.3) is 11.4 Å². The molecule has 1 atom stereocenters. The van der Waals surface area contributed by atoms with Gasteiger partial charge >= 0.3 is 6.09 Å². The molecule has 0 fully saturated rings. The quantitative estimate of drug-likeness (QED) is 0.561. The summed E-state index contributed by atoms with van der Waals surface area (Å²) in [6, 6.07) is 3.68. The Kier molecular flexibility index (Phi) is 5.82. The van der Waals surface area contributed by atoms with Gasteiger partial charge in [0.2, 0.25) is 5.75 Å². The minimum atomic E-state index is -0.809. The number of nitrogen functional groups attached to an aromatic ring is 1. The second kappa shape index (κ2) is 8.71. The predicted octanol–water partition coefficient (Wildman–Crippen LogP) is 2.09. The number of ether oxygens (including phenoxy) is 3. The summed E-state index contributed by atoms with van der Waals surface area (Å²) < 4.78 is 17.8. The smallest absolute Gasteiger partial charge is 0.413 e. The molecule has 0 aliphatic carbocycles. The van der Waals surface area contributed by atoms with Gasteiger partial charge in [0.1, 0.15) is 25.4 Å². The fourth-order valence-electron chi connectivity index (χ4n) is 3.13. The van der Waals surface area contributed by atoms with Crippen LogP contribution in [-0.4, -0.2) is 38.8 Å². The van der Waals surface area contributed by atoms with Crippen LogP contribution < -0.4 is 30.8 Å². The van der Waals surface area contributed by atoms with Gasteiger partial charge < -0.3 is 25.3 Å². The third-order valence-corrected chi connectivity index (χ3v) is 5.02. The number of aromatic nitrogens is 4. The number of halogens is 1. The second-order valence-corrected chi connectivity index (χ2v) is 7.28. The standard InChI is InChI=1S/C20H19ClN6O5/c1-10(19-26-13(8-15(28)27(19)2)12-3-4-23-9-24-12)25-20(29)32-14-7-11(21)16(22)18-17(14)30-5-6-31-18/h3-4,7-10H,5-6,22H2,1-2H3,(H,25,29). The highest BCUT2D eigenvalue weighted by Crippen LogP contribution is 2.47. The van der Waals surface area contributed by atoms with Crippen LogP contribution in [0.3, 0.4) is 0 Å². The third-order valence-electron chi connectivity index (χ3n) is 4.70. The fraction of sp³-hybridized carbons (Fsp3) is 0.250. The van der Waals surface area contributed by atoms with Gasteiger partial charge in [0.25, 0.3) is 5.56 Å². The number of benzene rings is 1. The van der Waals surface area contributed by atoms with Crippen molar-refractivity contribution in [3.63, 3.8) is 0 Å². The van der Waals surface area contributed by atoms with Crippen molar-refractivity contribution in [2.24, 2.45) is 7.05 Å². The van der Waals surface area contributed by atoms with Gasteiger partial charge in [0, 0.05) is 25.4 Å². The monoisotopic (exact) mass is 458 g/mol. The molecule has 0 radical (unpaired) electrons. The number of anilines is 1. The van der Waals surface area contributed by atoms with E-state index in [1.165, 1.54) is 23.0 Å². The lowest BCUT2D eigenvalue weighted by atomic mass is 10.2. The Bertz CT molecular complexity index is 1230. The van der Waals surface area contributed by atoms with Crippen LogP contribution in [0.5, 0.6) is 17.2 Å². The first kappa shape index (κ1) is 21.4. The maximum Gasteiger partial charge on any atom is 0.413 e. The van der Waals surface area contributed by atoms with Crippen molar-refractivity contribution < 1.29 is 19.0 Å². The molecule has 1 unspecified atom stereocenters. The molecule has 166 valence electrons. The van der Waals surface area contributed by atoms with Gasteiger partial charge in [-0.3, -0.25) is 9.36 Å². The van der Waals surface area contributed by atoms with E-state index in [-0.39, 0.29) is 40.1 Å². The number of hydrogen-bond donors (Lipinski definition) is 2. The van der Waals surface area contributed by atoms with E-state index >= 15 is 0 Å². The van der Waals surface area contributed by atoms with Gasteiger partial charge in [-0.05, 0) is 13.0 Å². The molecular formula is C20H19ClN6O5. The molecule has 32 heavy (non-hydrogen) atoms. The normalized spacial score (nSPS) is 13.3. The zero-order chi connectivity index (χ0) is 22.8. The van der Waals surface area contributed by atoms with Crippen LogP contribution in [0.1, 0.15) is 18.8 Å². The minimum absolute atomic E-state index is 0.0557. The van der Waals surface area contributed by atoms with Crippen LogP contribution in [0.4, 0.5) is 10.5 Å². The number of carbonyl (C=O) groups excluding carboxylic acids is 1. The molecule has 1 amide bonds. The van der Waals surface area contributed by atoms with E-state index in [1.54, 1.807) is 26.2 Å². The van der Waals surface area contributed by atoms with Gasteiger partial charge in [-0.15, -0.1) is 0 Å². The van der Waals surface area contributed by atoms with E-state index in [0.29, 0.717) is 23.8 Å². The van der Waals surface area contributed by atoms with Crippen LogP contribution in [0.2, 0.25) is 5.02 Å². The van der Waals surface area contributed by atoms with Gasteiger partial charge in [-0.2, -0.15) is 0 Å². The van der Waals surface area contributed by atoms with Gasteiger partial charge in [0.05, 0.1) is 28.1 Å². The van der Waals surface area contributed by atoms with E-state index in [0.717, 1.165) is 0 Å². The number of hydrogen-bond acceptors (Lipinski definition) is 9. The van der Waals surface area contributed by atoms with Gasteiger partial charge in [0.15, 0.2) is 11.5 Å². The highest BCUT2D eigenvalue weighted by Gasteiger charge is 2.25. The third kappa shape index (κ3) is 4.14. The van der Waals surface area contributed by atoms with Crippen molar-refractivity contribution in [3.05, 3.63) is 51.9 Å². The lowest BCUT2D eigenvalue weighted by molar-refractivity contribution is 0.161. The van der Waals surface area contributed by atoms with Crippen molar-refractivity contribution in [1.29, 1.82) is 0 Å². The summed E-state index contributed by atoms with van der Waals surface area (Å²) in [5.74, 6) is 0.777. The summed E-state index contributed by atoms with van der Waals surface area (Å²) in [6.45, 7) is 2.23. The van der Waals surface area contributed by atoms with Gasteiger partial charge in [-0.1, -0.05) is 11.6 Å². The molecule has 0 saturated heterocycles. The van der Waals surface area contributed by atoms with E-state index in [1.807, 2.05) is 0 Å². The number of amides is 1. The molecule has 12 heteroatoms. The molecule has 1 aliphatic rings. The van der Waals surface area contributed by atoms with Gasteiger partial charge in [-0.25, -0.2) is 19.7 Å². The Morgan fingerprint density at radius 1 is 1.28 bits per heavy atom. The first-order valence-electron chi connectivity index (χ1n) is 9.55. The van der Waals surface area contributed by atoms with E-state index < -0.39 is 12.1 Å². The molecule has 0 bridgehead atoms. The lowest BCUT2D eigenvalue weighted by Gasteiger charge is -2.23. The Labute approximate surface area is 187 Å². The highest BCUT2D eigenvalue weighted by molar-refractivity contribution is 6.33. The molecular weight excluding hydrogens is 440 g/mol. The van der Waals surface area contributed by atoms with E-state index in [4.69, 9.17) is 31.5 Å². The Morgan fingerprint density at radius 2 is 2.03 bits per heavy atom. The van der Waals surface area contributed by atoms with Crippen molar-refractivity contribution >= 4 is 23.4 Å². The van der Waals surface area contributed by atoms with Crippen LogP contribution in [0.15, 0.2) is 35.5 Å². The lowest BCUT2D eigenvalue weighted by Crippen LogP contribution is -2.34. The number of nitrogens with zero attached hydrogens (tertiary/aromatic N) is 4. The van der Waals surface area contributed by atoms with Crippen LogP contribution >= 0.6 is 11.6 Å². The molecule has 0 spiro atoms. The number of nitrogens with two attached hydrogens (primary N) is 1. The maximum atomic E-state index is 12.6. The largest absolute Gasteiger partial charge is 0.484 e. The molecule has 3 aromatic rings. The fourth-order valence-corrected chi connectivity index (χ4v) is 3.32. The molecule has 3 heterocycles. The number of carbonyl (C=O) groups is 1. The highest BCUT2D eigenvalue weighted by atomic mass is 35.5. The number of nitrogens with one attached hydrogen (secondary N) is 1. The molecule has 2 aromatic heterocycles. The number of fused-ring (bicyclic) bond motifs is 1. The summed E-state index contributed by atoms with van der Waals surface area (Å²) >= 11 is 6.12. The molecule has 1 aliphatic heterocycles. The van der Waals surface area contributed by atoms with Crippen molar-refractivity contribution in [3.8, 4) is 28.6 Å². The SMILES string of the molecule is CC(NC(=O)Oc1cc(Cl)c(N)c2c1OCCO2)c1nc(-c2ccncn2)cc(=O)n1C. The Balaban J connectivity index is 1.57. The van der Waals surface area contributed by atoms with E-state index in [2.05, 4.69) is 20.3 Å². The first-order chi connectivity index (χ1) is 15.3. The number of rotatable bonds is 4. The van der Waals surface area contributed by atoms with Crippen molar-refractivity contribution in [2.75, 3.05) is 18.9 Å². The second-order valence-electron chi connectivity index (χ2n) is 6.87. The molecule has 3 N–H and O–H groups in total. The topological polar surface area (TPSA) is 143 Å². The average molecular weight is 459 g/mol. The van der Waals surface area contributed by atoms with Crippen LogP contribution in [0, 0.1) is 0 Å². The molecule has 11 nitrogen and oxygen atoms in total. The molecule has 0 saturated carbocycles. The average Bonchev–Trinajstić information content (AvgIpc) is 2.79. The Morgan fingerprint density at radius 3 is 2.75 bits per heavy atom. The summed E-state index contributed by atoms with van der Waals surface area (Å²) in [5.41, 5.74) is 6.64. The van der Waals surface area contributed by atoms with E-state index in [9.17, 15) is 9.59 Å². The van der Waals surface area contributed by atoms with Crippen molar-refractivity contribution in [2.45, 2.75) is 13.0 Å². The summed E-state index contributed by atoms with van der Waals surface area (Å²) in [5, 5.41) is 2.80. The first-order valence-corrected chi connectivity index (χ1v) is 9.93. The predicted molar refractivity (Wildman–Crippen MR) is 115 cm³/mol. The zero-order valence-corrected chi connectivity index (χ0v) is 17.9. The summed E-state index contributed by atoms with van der Waals surface area (Å²) in [7, 11) is 1.55. The molecule has 4 rings (SSSR count). The van der Waals surface area contributed by atoms with Crippen LogP contribution in [-0.2, 0) is 7.05 Å². The summed E-state index contributed by atoms with van der Waals surface area (Å²) in [6.07, 6.45) is 2.10. The van der Waals surface area contributed by atoms with Crippen molar-refractivity contribution in [1.82, 2.24) is 24.8 Å². The Hall–Kier alpha value is -3.86.